The zero-order valence-corrected chi connectivity index (χ0v) is 10.5. The third-order valence-corrected chi connectivity index (χ3v) is 2.90. The fourth-order valence-corrected chi connectivity index (χ4v) is 1.65. The second-order valence-electron chi connectivity index (χ2n) is 4.61. The second-order valence-corrected chi connectivity index (χ2v) is 4.61. The summed E-state index contributed by atoms with van der Waals surface area (Å²) in [6, 6.07) is 0.817. The summed E-state index contributed by atoms with van der Waals surface area (Å²) < 4.78 is 32.1. The summed E-state index contributed by atoms with van der Waals surface area (Å²) in [4.78, 5) is 3.84. The quantitative estimate of drug-likeness (QED) is 0.812. The second kappa shape index (κ2) is 5.98. The predicted octanol–water partition coefficient (Wildman–Crippen LogP) is 3.36. The van der Waals surface area contributed by atoms with Crippen LogP contribution in [0.2, 0.25) is 0 Å². The van der Waals surface area contributed by atoms with Crippen LogP contribution in [0.25, 0.3) is 0 Å². The Labute approximate surface area is 106 Å². The highest BCUT2D eigenvalue weighted by Gasteiger charge is 2.21. The lowest BCUT2D eigenvalue weighted by molar-refractivity contribution is 0.275. The fraction of sp³-hybridized carbons (Fsp3) is 0.615. The molecular formula is C13H18F2N2O. The number of hydrogen-bond donors (Lipinski definition) is 1. The minimum atomic E-state index is -0.745. The Hall–Kier alpha value is -1.39. The smallest absolute Gasteiger partial charge is 0.252 e. The van der Waals surface area contributed by atoms with Crippen molar-refractivity contribution in [2.24, 2.45) is 5.92 Å². The molecular weight excluding hydrogens is 238 g/mol. The molecule has 1 fully saturated rings. The molecule has 100 valence electrons. The van der Waals surface area contributed by atoms with Crippen LogP contribution >= 0.6 is 0 Å². The molecule has 1 heterocycles. The highest BCUT2D eigenvalue weighted by molar-refractivity contribution is 5.39. The molecule has 0 saturated heterocycles. The summed E-state index contributed by atoms with van der Waals surface area (Å²) in [7, 11) is 0. The number of halogens is 2. The van der Waals surface area contributed by atoms with Gasteiger partial charge in [0.15, 0.2) is 17.5 Å². The van der Waals surface area contributed by atoms with Crippen molar-refractivity contribution in [1.82, 2.24) is 4.98 Å². The third kappa shape index (κ3) is 3.55. The number of rotatable bonds is 7. The van der Waals surface area contributed by atoms with Gasteiger partial charge in [0.25, 0.3) is 5.88 Å². The first-order valence-electron chi connectivity index (χ1n) is 6.43. The summed E-state index contributed by atoms with van der Waals surface area (Å²) in [5.74, 6) is -0.776. The fourth-order valence-electron chi connectivity index (χ4n) is 1.65. The third-order valence-electron chi connectivity index (χ3n) is 2.90. The van der Waals surface area contributed by atoms with E-state index in [1.165, 1.54) is 12.8 Å². The molecule has 5 heteroatoms. The molecule has 1 N–H and O–H groups in total. The highest BCUT2D eigenvalue weighted by Crippen LogP contribution is 2.32. The largest absolute Gasteiger partial charge is 0.476 e. The number of pyridine rings is 1. The van der Waals surface area contributed by atoms with Crippen LogP contribution in [0, 0.1) is 17.6 Å². The van der Waals surface area contributed by atoms with Gasteiger partial charge in [0.2, 0.25) is 0 Å². The minimum absolute atomic E-state index is 0.0553. The van der Waals surface area contributed by atoms with E-state index in [0.29, 0.717) is 19.1 Å². The van der Waals surface area contributed by atoms with Crippen LogP contribution < -0.4 is 10.1 Å². The Bertz CT molecular complexity index is 408. The SMILES string of the molecule is CCCNc1nc(OCCC2CC2)c(F)cc1F. The topological polar surface area (TPSA) is 34.2 Å². The van der Waals surface area contributed by atoms with Gasteiger partial charge in [0.05, 0.1) is 6.61 Å². The Morgan fingerprint density at radius 3 is 2.83 bits per heavy atom. The molecule has 1 saturated carbocycles. The lowest BCUT2D eigenvalue weighted by atomic mass is 10.3. The molecule has 0 bridgehead atoms. The molecule has 1 aromatic rings. The summed E-state index contributed by atoms with van der Waals surface area (Å²) in [5.41, 5.74) is 0. The van der Waals surface area contributed by atoms with Gasteiger partial charge in [-0.15, -0.1) is 0 Å². The monoisotopic (exact) mass is 256 g/mol. The van der Waals surface area contributed by atoms with Crippen LogP contribution in [0.3, 0.4) is 0 Å². The van der Waals surface area contributed by atoms with Gasteiger partial charge in [-0.2, -0.15) is 4.98 Å². The number of nitrogens with one attached hydrogen (secondary N) is 1. The molecule has 1 aromatic heterocycles. The zero-order valence-electron chi connectivity index (χ0n) is 10.5. The number of hydrogen-bond acceptors (Lipinski definition) is 3. The molecule has 1 aliphatic rings. The number of anilines is 1. The summed E-state index contributed by atoms with van der Waals surface area (Å²) in [5, 5.41) is 2.81. The first-order chi connectivity index (χ1) is 8.70. The van der Waals surface area contributed by atoms with E-state index in [9.17, 15) is 8.78 Å². The maximum absolute atomic E-state index is 13.4. The lowest BCUT2D eigenvalue weighted by Gasteiger charge is -2.10. The van der Waals surface area contributed by atoms with Gasteiger partial charge < -0.3 is 10.1 Å². The maximum Gasteiger partial charge on any atom is 0.252 e. The molecule has 0 unspecified atom stereocenters. The van der Waals surface area contributed by atoms with Crippen molar-refractivity contribution in [2.45, 2.75) is 32.6 Å². The van der Waals surface area contributed by atoms with Crippen molar-refractivity contribution in [2.75, 3.05) is 18.5 Å². The molecule has 1 aliphatic carbocycles. The molecule has 0 aliphatic heterocycles. The van der Waals surface area contributed by atoms with Crippen molar-refractivity contribution in [1.29, 1.82) is 0 Å². The molecule has 0 radical (unpaired) electrons. The lowest BCUT2D eigenvalue weighted by Crippen LogP contribution is -2.08. The van der Waals surface area contributed by atoms with Crippen molar-refractivity contribution < 1.29 is 13.5 Å². The summed E-state index contributed by atoms with van der Waals surface area (Å²) >= 11 is 0. The van der Waals surface area contributed by atoms with Crippen LogP contribution in [-0.2, 0) is 0 Å². The predicted molar refractivity (Wildman–Crippen MR) is 65.8 cm³/mol. The molecule has 0 amide bonds. The Morgan fingerprint density at radius 1 is 1.39 bits per heavy atom. The first-order valence-corrected chi connectivity index (χ1v) is 6.43. The van der Waals surface area contributed by atoms with Crippen molar-refractivity contribution in [3.8, 4) is 5.88 Å². The number of nitrogens with zero attached hydrogens (tertiary/aromatic N) is 1. The van der Waals surface area contributed by atoms with Gasteiger partial charge in [-0.3, -0.25) is 0 Å². The Kier molecular flexibility index (Phi) is 4.33. The average molecular weight is 256 g/mol. The van der Waals surface area contributed by atoms with Gasteiger partial charge in [0.1, 0.15) is 0 Å². The molecule has 0 spiro atoms. The van der Waals surface area contributed by atoms with Gasteiger partial charge in [-0.05, 0) is 18.8 Å². The van der Waals surface area contributed by atoms with E-state index in [0.717, 1.165) is 18.9 Å². The van der Waals surface area contributed by atoms with Crippen LogP contribution in [0.4, 0.5) is 14.6 Å². The molecule has 2 rings (SSSR count). The van der Waals surface area contributed by atoms with Crippen LogP contribution in [0.1, 0.15) is 32.6 Å². The van der Waals surface area contributed by atoms with E-state index in [2.05, 4.69) is 10.3 Å². The van der Waals surface area contributed by atoms with Gasteiger partial charge >= 0.3 is 0 Å². The molecule has 0 atom stereocenters. The average Bonchev–Trinajstić information content (AvgIpc) is 3.14. The summed E-state index contributed by atoms with van der Waals surface area (Å²) in [6.07, 6.45) is 4.21. The van der Waals surface area contributed by atoms with Crippen molar-refractivity contribution >= 4 is 5.82 Å². The Balaban J connectivity index is 1.97. The Morgan fingerprint density at radius 2 is 2.17 bits per heavy atom. The van der Waals surface area contributed by atoms with E-state index in [1.807, 2.05) is 6.92 Å². The van der Waals surface area contributed by atoms with E-state index >= 15 is 0 Å². The molecule has 18 heavy (non-hydrogen) atoms. The molecule has 3 nitrogen and oxygen atoms in total. The standard InChI is InChI=1S/C13H18F2N2O/c1-2-6-16-12-10(14)8-11(15)13(17-12)18-7-5-9-3-4-9/h8-9H,2-7H2,1H3,(H,16,17). The first kappa shape index (κ1) is 13.1. The van der Waals surface area contributed by atoms with Crippen LogP contribution in [0.5, 0.6) is 5.88 Å². The van der Waals surface area contributed by atoms with E-state index in [-0.39, 0.29) is 11.7 Å². The van der Waals surface area contributed by atoms with E-state index in [1.54, 1.807) is 0 Å². The summed E-state index contributed by atoms with van der Waals surface area (Å²) in [6.45, 7) is 2.99. The maximum atomic E-state index is 13.4. The molecule has 0 aromatic carbocycles. The van der Waals surface area contributed by atoms with E-state index < -0.39 is 11.6 Å². The number of aromatic nitrogens is 1. The van der Waals surface area contributed by atoms with Crippen LogP contribution in [0.15, 0.2) is 6.07 Å². The minimum Gasteiger partial charge on any atom is -0.476 e. The van der Waals surface area contributed by atoms with E-state index in [4.69, 9.17) is 4.74 Å². The zero-order chi connectivity index (χ0) is 13.0. The van der Waals surface area contributed by atoms with Crippen molar-refractivity contribution in [3.05, 3.63) is 17.7 Å². The highest BCUT2D eigenvalue weighted by atomic mass is 19.1. The van der Waals surface area contributed by atoms with Crippen molar-refractivity contribution in [3.63, 3.8) is 0 Å². The number of ether oxygens (including phenoxy) is 1. The van der Waals surface area contributed by atoms with Gasteiger partial charge in [-0.1, -0.05) is 19.8 Å². The normalized spacial score (nSPS) is 14.6. The van der Waals surface area contributed by atoms with Crippen LogP contribution in [-0.4, -0.2) is 18.1 Å². The van der Waals surface area contributed by atoms with Gasteiger partial charge in [0, 0.05) is 12.6 Å². The van der Waals surface area contributed by atoms with Gasteiger partial charge in [-0.25, -0.2) is 8.78 Å².